The molecule has 3 rings (SSSR count). The van der Waals surface area contributed by atoms with Crippen molar-refractivity contribution in [3.8, 4) is 11.5 Å². The highest BCUT2D eigenvalue weighted by Gasteiger charge is 2.12. The van der Waals surface area contributed by atoms with Crippen LogP contribution in [0.1, 0.15) is 15.9 Å². The number of halogens is 1. The Morgan fingerprint density at radius 3 is 2.47 bits per heavy atom. The van der Waals surface area contributed by atoms with Crippen LogP contribution < -0.4 is 20.2 Å². The van der Waals surface area contributed by atoms with Crippen molar-refractivity contribution in [1.29, 1.82) is 0 Å². The minimum absolute atomic E-state index is 0.295. The minimum Gasteiger partial charge on any atom is -0.493 e. The zero-order valence-electron chi connectivity index (χ0n) is 16.0. The maximum atomic E-state index is 12.3. The Labute approximate surface area is 184 Å². The number of hydrazone groups is 1. The lowest BCUT2D eigenvalue weighted by molar-refractivity contribution is 0.0729. The molecule has 3 aromatic rings. The summed E-state index contributed by atoms with van der Waals surface area (Å²) in [6.07, 6.45) is 1.58. The fourth-order valence-corrected chi connectivity index (χ4v) is 2.74. The van der Waals surface area contributed by atoms with Gasteiger partial charge in [-0.3, -0.25) is 5.43 Å². The van der Waals surface area contributed by atoms with Crippen LogP contribution in [0.25, 0.3) is 0 Å². The van der Waals surface area contributed by atoms with Crippen molar-refractivity contribution >= 4 is 46.8 Å². The Bertz CT molecular complexity index is 1060. The Kier molecular flexibility index (Phi) is 7.37. The maximum Gasteiger partial charge on any atom is 0.343 e. The molecule has 0 atom stereocenters. The molecule has 0 aliphatic rings. The summed E-state index contributed by atoms with van der Waals surface area (Å²) < 4.78 is 10.8. The average molecular weight is 440 g/mol. The van der Waals surface area contributed by atoms with Gasteiger partial charge < -0.3 is 14.8 Å². The lowest BCUT2D eigenvalue weighted by atomic mass is 10.2. The standard InChI is InChI=1S/C22H18ClN3O3S/c1-28-20-13-15(14-24-26-22(30)25-18-5-3-2-4-6-18)7-12-19(20)29-21(27)16-8-10-17(23)11-9-16/h2-14H,1H3,(H2,25,26,30). The Hall–Kier alpha value is -3.42. The number of nitrogens with one attached hydrogen (secondary N) is 2. The van der Waals surface area contributed by atoms with E-state index in [-0.39, 0.29) is 0 Å². The van der Waals surface area contributed by atoms with Gasteiger partial charge in [-0.25, -0.2) is 4.79 Å². The molecule has 0 fully saturated rings. The van der Waals surface area contributed by atoms with E-state index in [2.05, 4.69) is 15.8 Å². The first kappa shape index (κ1) is 21.3. The van der Waals surface area contributed by atoms with Crippen LogP contribution >= 0.6 is 23.8 Å². The molecule has 6 nitrogen and oxygen atoms in total. The zero-order valence-corrected chi connectivity index (χ0v) is 17.5. The molecule has 0 heterocycles. The average Bonchev–Trinajstić information content (AvgIpc) is 2.75. The van der Waals surface area contributed by atoms with Gasteiger partial charge in [0, 0.05) is 10.7 Å². The second-order valence-electron chi connectivity index (χ2n) is 6.00. The van der Waals surface area contributed by atoms with Gasteiger partial charge in [0.25, 0.3) is 0 Å². The molecule has 8 heteroatoms. The van der Waals surface area contributed by atoms with Crippen LogP contribution in [-0.2, 0) is 0 Å². The van der Waals surface area contributed by atoms with Crippen LogP contribution in [0.15, 0.2) is 77.9 Å². The molecule has 0 amide bonds. The summed E-state index contributed by atoms with van der Waals surface area (Å²) in [6, 6.07) is 21.0. The molecule has 3 aromatic carbocycles. The third kappa shape index (κ3) is 6.04. The minimum atomic E-state index is -0.509. The Morgan fingerprint density at radius 2 is 1.77 bits per heavy atom. The summed E-state index contributed by atoms with van der Waals surface area (Å²) in [6.45, 7) is 0. The lowest BCUT2D eigenvalue weighted by Gasteiger charge is -2.10. The predicted octanol–water partition coefficient (Wildman–Crippen LogP) is 4.89. The van der Waals surface area contributed by atoms with Crippen LogP contribution in [-0.4, -0.2) is 24.4 Å². The first-order valence-corrected chi connectivity index (χ1v) is 9.64. The summed E-state index contributed by atoms with van der Waals surface area (Å²) in [4.78, 5) is 12.3. The number of anilines is 1. The molecule has 0 aliphatic heterocycles. The number of carbonyl (C=O) groups is 1. The number of methoxy groups -OCH3 is 1. The lowest BCUT2D eigenvalue weighted by Crippen LogP contribution is -2.23. The third-order valence-electron chi connectivity index (χ3n) is 3.88. The first-order valence-electron chi connectivity index (χ1n) is 8.86. The maximum absolute atomic E-state index is 12.3. The molecule has 30 heavy (non-hydrogen) atoms. The van der Waals surface area contributed by atoms with Gasteiger partial charge in [-0.2, -0.15) is 5.10 Å². The number of ether oxygens (including phenoxy) is 2. The highest BCUT2D eigenvalue weighted by atomic mass is 35.5. The topological polar surface area (TPSA) is 71.9 Å². The molecule has 0 unspecified atom stereocenters. The second-order valence-corrected chi connectivity index (χ2v) is 6.84. The van der Waals surface area contributed by atoms with Crippen molar-refractivity contribution in [2.45, 2.75) is 0 Å². The van der Waals surface area contributed by atoms with Crippen molar-refractivity contribution < 1.29 is 14.3 Å². The number of rotatable bonds is 6. The summed E-state index contributed by atoms with van der Waals surface area (Å²) in [5.74, 6) is 0.181. The van der Waals surface area contributed by atoms with E-state index < -0.39 is 5.97 Å². The third-order valence-corrected chi connectivity index (χ3v) is 4.33. The predicted molar refractivity (Wildman–Crippen MR) is 123 cm³/mol. The van der Waals surface area contributed by atoms with Crippen molar-refractivity contribution in [1.82, 2.24) is 5.43 Å². The summed E-state index contributed by atoms with van der Waals surface area (Å²) >= 11 is 11.0. The number of esters is 1. The fraction of sp³-hybridized carbons (Fsp3) is 0.0455. The highest BCUT2D eigenvalue weighted by Crippen LogP contribution is 2.28. The van der Waals surface area contributed by atoms with Gasteiger partial charge in [0.2, 0.25) is 0 Å². The molecule has 0 aliphatic carbocycles. The van der Waals surface area contributed by atoms with Gasteiger partial charge >= 0.3 is 5.97 Å². The molecular formula is C22H18ClN3O3S. The van der Waals surface area contributed by atoms with E-state index >= 15 is 0 Å². The molecule has 0 spiro atoms. The molecule has 0 bridgehead atoms. The molecule has 152 valence electrons. The number of para-hydroxylation sites is 1. The molecule has 0 saturated heterocycles. The number of hydrogen-bond acceptors (Lipinski definition) is 5. The van der Waals surface area contributed by atoms with E-state index in [1.807, 2.05) is 30.3 Å². The summed E-state index contributed by atoms with van der Waals surface area (Å²) in [5, 5.41) is 8.02. The summed E-state index contributed by atoms with van der Waals surface area (Å²) in [7, 11) is 1.49. The van der Waals surface area contributed by atoms with Crippen LogP contribution in [0.2, 0.25) is 5.02 Å². The monoisotopic (exact) mass is 439 g/mol. The fourth-order valence-electron chi connectivity index (χ4n) is 2.44. The van der Waals surface area contributed by atoms with Crippen molar-refractivity contribution in [3.63, 3.8) is 0 Å². The van der Waals surface area contributed by atoms with E-state index in [1.54, 1.807) is 48.7 Å². The Balaban J connectivity index is 1.62. The van der Waals surface area contributed by atoms with Crippen LogP contribution in [0.4, 0.5) is 5.69 Å². The van der Waals surface area contributed by atoms with Gasteiger partial charge in [-0.15, -0.1) is 0 Å². The van der Waals surface area contributed by atoms with Crippen molar-refractivity contribution in [2.24, 2.45) is 5.10 Å². The Morgan fingerprint density at radius 1 is 1.03 bits per heavy atom. The zero-order chi connectivity index (χ0) is 21.3. The molecule has 0 aromatic heterocycles. The van der Waals surface area contributed by atoms with Gasteiger partial charge in [0.05, 0.1) is 18.9 Å². The van der Waals surface area contributed by atoms with Crippen LogP contribution in [0.5, 0.6) is 11.5 Å². The quantitative estimate of drug-likeness (QED) is 0.187. The second kappa shape index (κ2) is 10.4. The number of hydrogen-bond donors (Lipinski definition) is 2. The number of benzene rings is 3. The normalized spacial score (nSPS) is 10.5. The van der Waals surface area contributed by atoms with Gasteiger partial charge in [0.15, 0.2) is 16.6 Å². The largest absolute Gasteiger partial charge is 0.493 e. The van der Waals surface area contributed by atoms with Crippen molar-refractivity contribution in [3.05, 3.63) is 88.9 Å². The highest BCUT2D eigenvalue weighted by molar-refractivity contribution is 7.80. The van der Waals surface area contributed by atoms with Gasteiger partial charge in [-0.05, 0) is 72.4 Å². The van der Waals surface area contributed by atoms with E-state index in [9.17, 15) is 4.79 Å². The molecular weight excluding hydrogens is 422 g/mol. The van der Waals surface area contributed by atoms with Gasteiger partial charge in [0.1, 0.15) is 0 Å². The van der Waals surface area contributed by atoms with E-state index in [0.717, 1.165) is 11.3 Å². The van der Waals surface area contributed by atoms with E-state index in [1.165, 1.54) is 7.11 Å². The SMILES string of the molecule is COc1cc(C=NNC(=S)Nc2ccccc2)ccc1OC(=O)c1ccc(Cl)cc1. The van der Waals surface area contributed by atoms with E-state index in [0.29, 0.717) is 27.2 Å². The van der Waals surface area contributed by atoms with Crippen LogP contribution in [0, 0.1) is 0 Å². The number of thiocarbonyl (C=S) groups is 1. The summed E-state index contributed by atoms with van der Waals surface area (Å²) in [5.41, 5.74) is 4.72. The number of nitrogens with zero attached hydrogens (tertiary/aromatic N) is 1. The molecule has 2 N–H and O–H groups in total. The van der Waals surface area contributed by atoms with Gasteiger partial charge in [-0.1, -0.05) is 29.8 Å². The van der Waals surface area contributed by atoms with Crippen molar-refractivity contribution in [2.75, 3.05) is 12.4 Å². The van der Waals surface area contributed by atoms with E-state index in [4.69, 9.17) is 33.3 Å². The van der Waals surface area contributed by atoms with Crippen LogP contribution in [0.3, 0.4) is 0 Å². The molecule has 0 saturated carbocycles. The first-order chi connectivity index (χ1) is 14.5. The smallest absolute Gasteiger partial charge is 0.343 e. The number of carbonyl (C=O) groups excluding carboxylic acids is 1. The molecule has 0 radical (unpaired) electrons.